The van der Waals surface area contributed by atoms with Crippen molar-refractivity contribution in [1.29, 1.82) is 0 Å². The first kappa shape index (κ1) is 14.2. The van der Waals surface area contributed by atoms with Crippen LogP contribution in [0.4, 0.5) is 5.13 Å². The molecule has 1 saturated heterocycles. The van der Waals surface area contributed by atoms with E-state index in [1.54, 1.807) is 0 Å². The van der Waals surface area contributed by atoms with E-state index in [0.717, 1.165) is 11.3 Å². The van der Waals surface area contributed by atoms with Gasteiger partial charge in [0, 0.05) is 23.6 Å². The highest BCUT2D eigenvalue weighted by Gasteiger charge is 2.39. The van der Waals surface area contributed by atoms with Crippen molar-refractivity contribution in [1.82, 2.24) is 4.98 Å². The zero-order valence-corrected chi connectivity index (χ0v) is 12.1. The van der Waals surface area contributed by atoms with Crippen LogP contribution in [0, 0.1) is 0 Å². The number of rotatable bonds is 3. The summed E-state index contributed by atoms with van der Waals surface area (Å²) in [5.74, 6) is -0.947. The summed E-state index contributed by atoms with van der Waals surface area (Å²) in [6.45, 7) is -0.0568. The minimum Gasteiger partial charge on any atom is -0.465 e. The monoisotopic (exact) mass is 324 g/mol. The third kappa shape index (κ3) is 2.88. The van der Waals surface area contributed by atoms with Crippen LogP contribution in [0.25, 0.3) is 0 Å². The van der Waals surface area contributed by atoms with E-state index in [1.165, 1.54) is 18.2 Å². The van der Waals surface area contributed by atoms with E-state index in [0.29, 0.717) is 0 Å². The number of carbonyl (C=O) groups excluding carboxylic acids is 2. The van der Waals surface area contributed by atoms with E-state index in [9.17, 15) is 18.0 Å². The number of nitrogens with zero attached hydrogens (tertiary/aromatic N) is 2. The van der Waals surface area contributed by atoms with Gasteiger partial charge in [0.25, 0.3) is 0 Å². The smallest absolute Gasteiger partial charge is 0.349 e. The summed E-state index contributed by atoms with van der Waals surface area (Å²) in [6, 6.07) is 0. The number of methoxy groups -OCH3 is 1. The van der Waals surface area contributed by atoms with Gasteiger partial charge in [0.2, 0.25) is 15.0 Å². The molecule has 1 unspecified atom stereocenters. The second kappa shape index (κ2) is 5.06. The number of aromatic nitrogens is 1. The first-order valence-electron chi connectivity index (χ1n) is 5.11. The number of ether oxygens (including phenoxy) is 1. The Morgan fingerprint density at radius 1 is 1.63 bits per heavy atom. The largest absolute Gasteiger partial charge is 0.465 e. The van der Waals surface area contributed by atoms with E-state index in [-0.39, 0.29) is 28.9 Å². The van der Waals surface area contributed by atoms with Crippen LogP contribution in [0.15, 0.2) is 6.20 Å². The summed E-state index contributed by atoms with van der Waals surface area (Å²) in [5, 5.41) is -0.694. The Labute approximate surface area is 117 Å². The van der Waals surface area contributed by atoms with E-state index in [2.05, 4.69) is 9.72 Å². The fraction of sp³-hybridized carbons (Fsp3) is 0.444. The molecule has 1 fully saturated rings. The van der Waals surface area contributed by atoms with Gasteiger partial charge in [-0.25, -0.2) is 18.2 Å². The van der Waals surface area contributed by atoms with E-state index >= 15 is 0 Å². The van der Waals surface area contributed by atoms with Crippen molar-refractivity contribution in [3.8, 4) is 0 Å². The lowest BCUT2D eigenvalue weighted by Crippen LogP contribution is -2.26. The number of anilines is 1. The Kier molecular flexibility index (Phi) is 3.79. The Morgan fingerprint density at radius 3 is 2.84 bits per heavy atom. The molecule has 0 aromatic carbocycles. The molecule has 1 amide bonds. The standard InChI is InChI=1S/C9H9ClN2O5S2/c1-17-8(14)6-3-11-9(18-6)12-4-5(2-7(12)13)19(10,15)16/h3,5H,2,4H2,1H3. The molecule has 1 aromatic rings. The highest BCUT2D eigenvalue weighted by atomic mass is 35.7. The van der Waals surface area contributed by atoms with Gasteiger partial charge in [0.05, 0.1) is 13.3 Å². The molecule has 2 rings (SSSR count). The maximum atomic E-state index is 11.7. The molecule has 0 N–H and O–H groups in total. The molecule has 0 bridgehead atoms. The molecule has 0 radical (unpaired) electrons. The number of thiazole rings is 1. The van der Waals surface area contributed by atoms with Crippen molar-refractivity contribution in [3.05, 3.63) is 11.1 Å². The molecule has 1 aliphatic rings. The molecule has 104 valence electrons. The van der Waals surface area contributed by atoms with Crippen molar-refractivity contribution in [2.24, 2.45) is 0 Å². The Hall–Kier alpha value is -1.19. The van der Waals surface area contributed by atoms with Gasteiger partial charge in [-0.3, -0.25) is 9.69 Å². The van der Waals surface area contributed by atoms with E-state index < -0.39 is 20.3 Å². The second-order valence-corrected chi connectivity index (χ2v) is 7.72. The van der Waals surface area contributed by atoms with Crippen molar-refractivity contribution in [2.75, 3.05) is 18.6 Å². The molecule has 10 heteroatoms. The van der Waals surface area contributed by atoms with E-state index in [4.69, 9.17) is 10.7 Å². The summed E-state index contributed by atoms with van der Waals surface area (Å²) >= 11 is 0.961. The first-order valence-corrected chi connectivity index (χ1v) is 8.30. The lowest BCUT2D eigenvalue weighted by Gasteiger charge is -2.11. The molecular weight excluding hydrogens is 316 g/mol. The number of amides is 1. The highest BCUT2D eigenvalue weighted by Crippen LogP contribution is 2.30. The van der Waals surface area contributed by atoms with Gasteiger partial charge in [0.1, 0.15) is 10.1 Å². The van der Waals surface area contributed by atoms with Crippen LogP contribution in [0.5, 0.6) is 0 Å². The fourth-order valence-corrected chi connectivity index (χ4v) is 3.52. The summed E-state index contributed by atoms with van der Waals surface area (Å²) < 4.78 is 26.9. The second-order valence-electron chi connectivity index (χ2n) is 3.80. The van der Waals surface area contributed by atoms with E-state index in [1.807, 2.05) is 0 Å². The predicted molar refractivity (Wildman–Crippen MR) is 69.0 cm³/mol. The zero-order chi connectivity index (χ0) is 14.2. The average molecular weight is 325 g/mol. The maximum absolute atomic E-state index is 11.7. The van der Waals surface area contributed by atoms with Crippen LogP contribution in [0.1, 0.15) is 16.1 Å². The molecule has 19 heavy (non-hydrogen) atoms. The highest BCUT2D eigenvalue weighted by molar-refractivity contribution is 8.14. The summed E-state index contributed by atoms with van der Waals surface area (Å²) in [5.41, 5.74) is 0. The summed E-state index contributed by atoms with van der Waals surface area (Å²) in [7, 11) is 2.68. The van der Waals surface area contributed by atoms with Gasteiger partial charge in [0.15, 0.2) is 5.13 Å². The topological polar surface area (TPSA) is 93.6 Å². The quantitative estimate of drug-likeness (QED) is 0.597. The molecule has 0 aliphatic carbocycles. The van der Waals surface area contributed by atoms with Gasteiger partial charge >= 0.3 is 5.97 Å². The average Bonchev–Trinajstić information content (AvgIpc) is 2.93. The molecule has 7 nitrogen and oxygen atoms in total. The fourth-order valence-electron chi connectivity index (χ4n) is 1.63. The minimum atomic E-state index is -3.80. The number of hydrogen-bond acceptors (Lipinski definition) is 7. The van der Waals surface area contributed by atoms with Crippen molar-refractivity contribution in [2.45, 2.75) is 11.7 Å². The van der Waals surface area contributed by atoms with Gasteiger partial charge in [-0.1, -0.05) is 11.3 Å². The third-order valence-electron chi connectivity index (χ3n) is 2.60. The zero-order valence-electron chi connectivity index (χ0n) is 9.70. The van der Waals surface area contributed by atoms with Crippen LogP contribution in [0.3, 0.4) is 0 Å². The molecular formula is C9H9ClN2O5S2. The SMILES string of the molecule is COC(=O)c1cnc(N2CC(S(=O)(=O)Cl)CC2=O)s1. The third-order valence-corrected chi connectivity index (χ3v) is 5.47. The lowest BCUT2D eigenvalue weighted by atomic mass is 10.4. The molecule has 0 spiro atoms. The lowest BCUT2D eigenvalue weighted by molar-refractivity contribution is -0.117. The van der Waals surface area contributed by atoms with Crippen LogP contribution in [0.2, 0.25) is 0 Å². The summed E-state index contributed by atoms with van der Waals surface area (Å²) in [6.07, 6.45) is 1.10. The van der Waals surface area contributed by atoms with Crippen molar-refractivity contribution >= 4 is 48.1 Å². The van der Waals surface area contributed by atoms with Crippen LogP contribution in [-0.2, 0) is 18.6 Å². The summed E-state index contributed by atoms with van der Waals surface area (Å²) in [4.78, 5) is 28.4. The van der Waals surface area contributed by atoms with Gasteiger partial charge in [-0.2, -0.15) is 0 Å². The number of hydrogen-bond donors (Lipinski definition) is 0. The predicted octanol–water partition coefficient (Wildman–Crippen LogP) is 0.604. The first-order chi connectivity index (χ1) is 8.82. The van der Waals surface area contributed by atoms with Gasteiger partial charge < -0.3 is 4.74 Å². The maximum Gasteiger partial charge on any atom is 0.349 e. The molecule has 1 atom stereocenters. The van der Waals surface area contributed by atoms with Crippen molar-refractivity contribution in [3.63, 3.8) is 0 Å². The van der Waals surface area contributed by atoms with Gasteiger partial charge in [-0.05, 0) is 0 Å². The molecule has 1 aliphatic heterocycles. The molecule has 2 heterocycles. The minimum absolute atomic E-state index is 0.0568. The van der Waals surface area contributed by atoms with Crippen molar-refractivity contribution < 1.29 is 22.7 Å². The Bertz CT molecular complexity index is 626. The van der Waals surface area contributed by atoms with Crippen LogP contribution >= 0.6 is 22.0 Å². The molecule has 0 saturated carbocycles. The number of esters is 1. The molecule has 1 aromatic heterocycles. The Balaban J connectivity index is 2.21. The van der Waals surface area contributed by atoms with Crippen LogP contribution < -0.4 is 4.90 Å². The van der Waals surface area contributed by atoms with Gasteiger partial charge in [-0.15, -0.1) is 0 Å². The number of halogens is 1. The van der Waals surface area contributed by atoms with Crippen LogP contribution in [-0.4, -0.2) is 44.2 Å². The number of carbonyl (C=O) groups is 2. The Morgan fingerprint density at radius 2 is 2.32 bits per heavy atom. The normalized spacial score (nSPS) is 19.8.